The minimum atomic E-state index is -4.95. The van der Waals surface area contributed by atoms with Crippen LogP contribution in [0.4, 0.5) is 13.2 Å². The molecule has 8 nitrogen and oxygen atoms in total. The largest absolute Gasteiger partial charge is 0.573 e. The van der Waals surface area contributed by atoms with Gasteiger partial charge in [-0.15, -0.1) is 13.2 Å². The summed E-state index contributed by atoms with van der Waals surface area (Å²) in [4.78, 5) is 30.5. The van der Waals surface area contributed by atoms with Crippen molar-refractivity contribution in [3.8, 4) is 17.2 Å². The number of benzene rings is 1. The molecule has 186 valence electrons. The maximum atomic E-state index is 13.3. The zero-order chi connectivity index (χ0) is 25.9. The van der Waals surface area contributed by atoms with E-state index >= 15 is 0 Å². The molecule has 0 aliphatic rings. The van der Waals surface area contributed by atoms with Crippen LogP contribution in [0.1, 0.15) is 48.6 Å². The lowest BCUT2D eigenvalue weighted by Crippen LogP contribution is -2.35. The number of nitrogens with one attached hydrogen (secondary N) is 1. The van der Waals surface area contributed by atoms with Crippen LogP contribution >= 0.6 is 0 Å². The molecule has 3 aromatic rings. The van der Waals surface area contributed by atoms with Crippen molar-refractivity contribution >= 4 is 5.91 Å². The molecule has 0 aliphatic carbocycles. The van der Waals surface area contributed by atoms with E-state index in [0.717, 1.165) is 23.4 Å². The Morgan fingerprint density at radius 1 is 1.29 bits per heavy atom. The zero-order valence-electron chi connectivity index (χ0n) is 19.6. The molecule has 3 rings (SSSR count). The predicted octanol–water partition coefficient (Wildman–Crippen LogP) is 4.40. The van der Waals surface area contributed by atoms with Gasteiger partial charge in [0.2, 0.25) is 0 Å². The van der Waals surface area contributed by atoms with Gasteiger partial charge in [-0.3, -0.25) is 14.2 Å². The molecule has 1 aromatic carbocycles. The average molecular weight is 490 g/mol. The van der Waals surface area contributed by atoms with Crippen LogP contribution in [0.5, 0.6) is 11.5 Å². The van der Waals surface area contributed by atoms with Gasteiger partial charge in [-0.25, -0.2) is 4.98 Å². The molecule has 0 aliphatic heterocycles. The van der Waals surface area contributed by atoms with Gasteiger partial charge in [0.1, 0.15) is 11.4 Å². The monoisotopic (exact) mass is 490 g/mol. The number of halogens is 3. The third kappa shape index (κ3) is 6.11. The van der Waals surface area contributed by atoms with Crippen LogP contribution in [0.3, 0.4) is 0 Å². The third-order valence-corrected chi connectivity index (χ3v) is 5.33. The quantitative estimate of drug-likeness (QED) is 0.479. The van der Waals surface area contributed by atoms with E-state index in [1.165, 1.54) is 29.1 Å². The van der Waals surface area contributed by atoms with E-state index in [0.29, 0.717) is 11.3 Å². The second kappa shape index (κ2) is 10.1. The Hall–Kier alpha value is -4.02. The van der Waals surface area contributed by atoms with Crippen molar-refractivity contribution in [1.29, 1.82) is 0 Å². The molecular weight excluding hydrogens is 465 g/mol. The summed E-state index contributed by atoms with van der Waals surface area (Å²) in [5, 5.41) is 12.6. The molecular formula is C24H25F3N4O4. The van der Waals surface area contributed by atoms with Crippen LogP contribution in [-0.4, -0.2) is 31.5 Å². The molecule has 35 heavy (non-hydrogen) atoms. The second-order valence-electron chi connectivity index (χ2n) is 8.02. The third-order valence-electron chi connectivity index (χ3n) is 5.33. The van der Waals surface area contributed by atoms with E-state index < -0.39 is 35.4 Å². The first-order valence-corrected chi connectivity index (χ1v) is 10.7. The van der Waals surface area contributed by atoms with Gasteiger partial charge >= 0.3 is 6.36 Å². The fraction of sp³-hybridized carbons (Fsp3) is 0.292. The van der Waals surface area contributed by atoms with Crippen molar-refractivity contribution in [3.63, 3.8) is 0 Å². The summed E-state index contributed by atoms with van der Waals surface area (Å²) in [5.74, 6) is -2.04. The first-order valence-electron chi connectivity index (χ1n) is 10.7. The highest BCUT2D eigenvalue weighted by molar-refractivity contribution is 5.93. The number of phenolic OH excluding ortho intramolecular Hbond substituents is 1. The number of allylic oxidation sites excluding steroid dienone is 2. The molecule has 0 bridgehead atoms. The number of phenols is 1. The molecule has 2 heterocycles. The van der Waals surface area contributed by atoms with Crippen molar-refractivity contribution < 1.29 is 27.8 Å². The summed E-state index contributed by atoms with van der Waals surface area (Å²) in [5.41, 5.74) is 1.96. The lowest BCUT2D eigenvalue weighted by atomic mass is 10.1. The van der Waals surface area contributed by atoms with Gasteiger partial charge in [0.15, 0.2) is 11.5 Å². The molecule has 0 saturated carbocycles. The maximum Gasteiger partial charge on any atom is 0.573 e. The standard InChI is InChI=1S/C24H25F3N4O4/c1-5-14(2)11-31-18(7-8-19(23(31)34)30-12-15(3)28-13-30)22(33)29-16(4)17-6-9-21(20(32)10-17)35-24(25,26)27/h5-10,12-13,16,32H,11H2,1-4H3,(H,29,33)/b14-5-. The van der Waals surface area contributed by atoms with Crippen molar-refractivity contribution in [1.82, 2.24) is 19.4 Å². The van der Waals surface area contributed by atoms with Gasteiger partial charge in [0, 0.05) is 12.7 Å². The fourth-order valence-electron chi connectivity index (χ4n) is 3.38. The highest BCUT2D eigenvalue weighted by Crippen LogP contribution is 2.33. The normalized spacial score (nSPS) is 12.9. The number of carbonyl (C=O) groups excluding carboxylic acids is 1. The van der Waals surface area contributed by atoms with Crippen LogP contribution in [0, 0.1) is 6.92 Å². The number of rotatable bonds is 7. The first-order chi connectivity index (χ1) is 16.4. The lowest BCUT2D eigenvalue weighted by molar-refractivity contribution is -0.275. The topological polar surface area (TPSA) is 98.4 Å². The number of hydrogen-bond donors (Lipinski definition) is 2. The van der Waals surface area contributed by atoms with Gasteiger partial charge in [0.25, 0.3) is 11.5 Å². The number of pyridine rings is 1. The van der Waals surface area contributed by atoms with Gasteiger partial charge in [0.05, 0.1) is 18.1 Å². The van der Waals surface area contributed by atoms with Crippen LogP contribution < -0.4 is 15.6 Å². The summed E-state index contributed by atoms with van der Waals surface area (Å²) in [6.45, 7) is 7.22. The van der Waals surface area contributed by atoms with Crippen LogP contribution in [0.2, 0.25) is 0 Å². The molecule has 0 spiro atoms. The Labute approximate surface area is 199 Å². The first kappa shape index (κ1) is 25.6. The van der Waals surface area contributed by atoms with Crippen molar-refractivity contribution in [3.05, 3.63) is 81.8 Å². The Bertz CT molecular complexity index is 1330. The summed E-state index contributed by atoms with van der Waals surface area (Å²) in [6, 6.07) is 5.69. The van der Waals surface area contributed by atoms with E-state index in [-0.39, 0.29) is 12.2 Å². The Morgan fingerprint density at radius 3 is 2.57 bits per heavy atom. The summed E-state index contributed by atoms with van der Waals surface area (Å²) in [6.07, 6.45) is 0.0939. The van der Waals surface area contributed by atoms with Gasteiger partial charge < -0.3 is 19.7 Å². The van der Waals surface area contributed by atoms with Crippen molar-refractivity contribution in [2.24, 2.45) is 0 Å². The van der Waals surface area contributed by atoms with E-state index in [1.807, 2.05) is 19.9 Å². The van der Waals surface area contributed by atoms with E-state index in [4.69, 9.17) is 0 Å². The minimum Gasteiger partial charge on any atom is -0.504 e. The van der Waals surface area contributed by atoms with Crippen LogP contribution in [0.25, 0.3) is 5.69 Å². The number of aryl methyl sites for hydroxylation is 1. The molecule has 0 fully saturated rings. The van der Waals surface area contributed by atoms with Crippen molar-refractivity contribution in [2.75, 3.05) is 0 Å². The number of aromatic hydroxyl groups is 1. The number of alkyl halides is 3. The Kier molecular flexibility index (Phi) is 7.37. The van der Waals surface area contributed by atoms with Gasteiger partial charge in [-0.1, -0.05) is 17.7 Å². The highest BCUT2D eigenvalue weighted by atomic mass is 19.4. The lowest BCUT2D eigenvalue weighted by Gasteiger charge is -2.19. The second-order valence-corrected chi connectivity index (χ2v) is 8.02. The SMILES string of the molecule is C/C=C(/C)Cn1c(C(=O)NC(C)c2ccc(OC(F)(F)F)c(O)c2)ccc(-n2cnc(C)c2)c1=O. The predicted molar refractivity (Wildman–Crippen MR) is 123 cm³/mol. The van der Waals surface area contributed by atoms with E-state index in [1.54, 1.807) is 24.6 Å². The molecule has 2 aromatic heterocycles. The van der Waals surface area contributed by atoms with Gasteiger partial charge in [-0.2, -0.15) is 0 Å². The molecule has 1 amide bonds. The fourth-order valence-corrected chi connectivity index (χ4v) is 3.38. The molecule has 0 radical (unpaired) electrons. The summed E-state index contributed by atoms with van der Waals surface area (Å²) in [7, 11) is 0. The van der Waals surface area contributed by atoms with Crippen molar-refractivity contribution in [2.45, 2.75) is 46.6 Å². The number of hydrogen-bond acceptors (Lipinski definition) is 5. The maximum absolute atomic E-state index is 13.3. The van der Waals surface area contributed by atoms with E-state index in [9.17, 15) is 27.9 Å². The Morgan fingerprint density at radius 2 is 2.00 bits per heavy atom. The smallest absolute Gasteiger partial charge is 0.504 e. The Balaban J connectivity index is 1.91. The van der Waals surface area contributed by atoms with Crippen LogP contribution in [-0.2, 0) is 6.54 Å². The number of carbonyl (C=O) groups is 1. The number of imidazole rings is 1. The molecule has 2 N–H and O–H groups in total. The van der Waals surface area contributed by atoms with Crippen LogP contribution in [0.15, 0.2) is 59.3 Å². The number of nitrogens with zero attached hydrogens (tertiary/aromatic N) is 3. The highest BCUT2D eigenvalue weighted by Gasteiger charge is 2.32. The molecule has 0 saturated heterocycles. The minimum absolute atomic E-state index is 0.102. The number of ether oxygens (including phenoxy) is 1. The summed E-state index contributed by atoms with van der Waals surface area (Å²) < 4.78 is 44.0. The number of amides is 1. The summed E-state index contributed by atoms with van der Waals surface area (Å²) >= 11 is 0. The zero-order valence-corrected chi connectivity index (χ0v) is 19.6. The van der Waals surface area contributed by atoms with Gasteiger partial charge in [-0.05, 0) is 57.5 Å². The molecule has 1 unspecified atom stereocenters. The van der Waals surface area contributed by atoms with E-state index in [2.05, 4.69) is 15.0 Å². The average Bonchev–Trinajstić information content (AvgIpc) is 3.21. The molecule has 11 heteroatoms. The molecule has 1 atom stereocenters. The number of aromatic nitrogens is 3.